The molecule has 0 amide bonds. The largest absolute Gasteiger partial charge is 0.330 e. The van der Waals surface area contributed by atoms with Gasteiger partial charge in [0.1, 0.15) is 10.8 Å². The maximum Gasteiger partial charge on any atom is 0.123 e. The van der Waals surface area contributed by atoms with Crippen LogP contribution in [0.15, 0.2) is 24.3 Å². The topological polar surface area (TPSA) is 38.9 Å². The molecule has 0 radical (unpaired) electrons. The van der Waals surface area contributed by atoms with Crippen LogP contribution in [0.2, 0.25) is 0 Å². The van der Waals surface area contributed by atoms with Crippen LogP contribution in [0.3, 0.4) is 0 Å². The molecular weight excluding hydrogens is 283 g/mol. The van der Waals surface area contributed by atoms with Gasteiger partial charge in [0, 0.05) is 22.8 Å². The van der Waals surface area contributed by atoms with Crippen LogP contribution in [0.5, 0.6) is 0 Å². The maximum atomic E-state index is 13.1. The van der Waals surface area contributed by atoms with Gasteiger partial charge in [-0.3, -0.25) is 0 Å². The molecule has 112 valence electrons. The lowest BCUT2D eigenvalue weighted by molar-refractivity contribution is 0.547. The fourth-order valence-corrected chi connectivity index (χ4v) is 4.31. The molecule has 1 aromatic carbocycles. The van der Waals surface area contributed by atoms with Crippen molar-refractivity contribution in [3.63, 3.8) is 0 Å². The summed E-state index contributed by atoms with van der Waals surface area (Å²) in [6.07, 6.45) is 3.46. The summed E-state index contributed by atoms with van der Waals surface area (Å²) in [7, 11) is 0. The Balaban J connectivity index is 1.99. The van der Waals surface area contributed by atoms with Crippen molar-refractivity contribution in [2.24, 2.45) is 5.73 Å². The quantitative estimate of drug-likeness (QED) is 0.931. The Hall–Kier alpha value is -1.26. The molecule has 1 atom stereocenters. The molecule has 1 heterocycles. The van der Waals surface area contributed by atoms with E-state index in [-0.39, 0.29) is 11.2 Å². The van der Waals surface area contributed by atoms with Crippen LogP contribution >= 0.6 is 11.3 Å². The molecule has 1 aliphatic rings. The van der Waals surface area contributed by atoms with Crippen LogP contribution in [0.4, 0.5) is 4.39 Å². The molecule has 2 nitrogen and oxygen atoms in total. The molecule has 0 spiro atoms. The minimum atomic E-state index is -0.200. The van der Waals surface area contributed by atoms with Crippen LogP contribution in [0.25, 0.3) is 0 Å². The third-order valence-electron chi connectivity index (χ3n) is 4.46. The summed E-state index contributed by atoms with van der Waals surface area (Å²) in [6.45, 7) is 4.98. The Morgan fingerprint density at radius 1 is 1.33 bits per heavy atom. The first-order valence-electron chi connectivity index (χ1n) is 7.48. The van der Waals surface area contributed by atoms with E-state index in [1.807, 2.05) is 12.1 Å². The second-order valence-electron chi connectivity index (χ2n) is 6.28. The molecule has 0 saturated heterocycles. The first kappa shape index (κ1) is 14.7. The van der Waals surface area contributed by atoms with Crippen molar-refractivity contribution in [3.05, 3.63) is 51.2 Å². The maximum absolute atomic E-state index is 13.1. The Morgan fingerprint density at radius 2 is 2.05 bits per heavy atom. The van der Waals surface area contributed by atoms with E-state index in [4.69, 9.17) is 10.7 Å². The highest BCUT2D eigenvalue weighted by molar-refractivity contribution is 7.12. The number of nitrogens with zero attached hydrogens (tertiary/aromatic N) is 1. The smallest absolute Gasteiger partial charge is 0.123 e. The minimum Gasteiger partial charge on any atom is -0.330 e. The predicted octanol–water partition coefficient (Wildman–Crippen LogP) is 3.99. The molecular formula is C17H21FN2S. The van der Waals surface area contributed by atoms with Gasteiger partial charge in [-0.25, -0.2) is 9.37 Å². The molecule has 3 rings (SSSR count). The summed E-state index contributed by atoms with van der Waals surface area (Å²) in [4.78, 5) is 6.31. The molecule has 0 saturated carbocycles. The van der Waals surface area contributed by atoms with Gasteiger partial charge < -0.3 is 5.73 Å². The first-order chi connectivity index (χ1) is 10.0. The number of hydrogen-bond acceptors (Lipinski definition) is 3. The number of hydrogen-bond donors (Lipinski definition) is 1. The van der Waals surface area contributed by atoms with E-state index in [2.05, 4.69) is 13.8 Å². The molecule has 1 unspecified atom stereocenters. The van der Waals surface area contributed by atoms with Gasteiger partial charge in [-0.15, -0.1) is 11.3 Å². The lowest BCUT2D eigenvalue weighted by atomic mass is 9.85. The number of aryl methyl sites for hydroxylation is 1. The molecule has 4 heteroatoms. The zero-order valence-electron chi connectivity index (χ0n) is 12.5. The number of thiazole rings is 1. The third kappa shape index (κ3) is 2.62. The van der Waals surface area contributed by atoms with Crippen molar-refractivity contribution in [1.29, 1.82) is 0 Å². The second kappa shape index (κ2) is 5.50. The number of fused-ring (bicyclic) bond motifs is 1. The Bertz CT molecular complexity index is 631. The monoisotopic (exact) mass is 304 g/mol. The van der Waals surface area contributed by atoms with Gasteiger partial charge in [0.2, 0.25) is 0 Å². The predicted molar refractivity (Wildman–Crippen MR) is 85.4 cm³/mol. The highest BCUT2D eigenvalue weighted by Crippen LogP contribution is 2.40. The van der Waals surface area contributed by atoms with Crippen LogP contribution in [-0.4, -0.2) is 11.5 Å². The molecule has 0 fully saturated rings. The molecule has 2 aromatic rings. The van der Waals surface area contributed by atoms with Crippen molar-refractivity contribution in [2.75, 3.05) is 6.54 Å². The molecule has 21 heavy (non-hydrogen) atoms. The average molecular weight is 304 g/mol. The fraction of sp³-hybridized carbons (Fsp3) is 0.471. The number of benzene rings is 1. The van der Waals surface area contributed by atoms with Gasteiger partial charge >= 0.3 is 0 Å². The number of nitrogens with two attached hydrogens (primary N) is 1. The van der Waals surface area contributed by atoms with Gasteiger partial charge in [-0.1, -0.05) is 12.1 Å². The summed E-state index contributed by atoms with van der Waals surface area (Å²) in [5.74, 6) is 0.207. The SMILES string of the molecule is CC(C)(c1ccc(F)cc1)c1nc2c(s1)CCCC2CN. The molecule has 2 N–H and O–H groups in total. The summed E-state index contributed by atoms with van der Waals surface area (Å²) in [5.41, 5.74) is 7.99. The zero-order valence-corrected chi connectivity index (χ0v) is 13.3. The average Bonchev–Trinajstić information content (AvgIpc) is 2.92. The van der Waals surface area contributed by atoms with Crippen molar-refractivity contribution >= 4 is 11.3 Å². The lowest BCUT2D eigenvalue weighted by Gasteiger charge is -2.22. The lowest BCUT2D eigenvalue weighted by Crippen LogP contribution is -2.20. The summed E-state index contributed by atoms with van der Waals surface area (Å²) in [6, 6.07) is 6.76. The van der Waals surface area contributed by atoms with E-state index < -0.39 is 0 Å². The second-order valence-corrected chi connectivity index (χ2v) is 7.37. The Morgan fingerprint density at radius 3 is 2.71 bits per heavy atom. The normalized spacial score (nSPS) is 18.6. The van der Waals surface area contributed by atoms with E-state index in [1.165, 1.54) is 29.1 Å². The molecule has 0 bridgehead atoms. The van der Waals surface area contributed by atoms with Gasteiger partial charge in [0.05, 0.1) is 5.69 Å². The van der Waals surface area contributed by atoms with Crippen molar-refractivity contribution in [2.45, 2.75) is 44.4 Å². The number of halogens is 1. The van der Waals surface area contributed by atoms with Gasteiger partial charge in [0.25, 0.3) is 0 Å². The standard InChI is InChI=1S/C17H21FN2S/c1-17(2,12-6-8-13(18)9-7-12)16-20-15-11(10-19)4-3-5-14(15)21-16/h6-9,11H,3-5,10,19H2,1-2H3. The Kier molecular flexibility index (Phi) is 3.84. The van der Waals surface area contributed by atoms with Crippen molar-refractivity contribution in [3.8, 4) is 0 Å². The van der Waals surface area contributed by atoms with E-state index in [0.717, 1.165) is 23.4 Å². The third-order valence-corrected chi connectivity index (χ3v) is 5.91. The van der Waals surface area contributed by atoms with Crippen molar-refractivity contribution in [1.82, 2.24) is 4.98 Å². The van der Waals surface area contributed by atoms with E-state index in [1.54, 1.807) is 11.3 Å². The van der Waals surface area contributed by atoms with Crippen LogP contribution in [0.1, 0.15) is 53.7 Å². The molecule has 1 aliphatic carbocycles. The van der Waals surface area contributed by atoms with Gasteiger partial charge in [0.15, 0.2) is 0 Å². The zero-order chi connectivity index (χ0) is 15.0. The van der Waals surface area contributed by atoms with Crippen molar-refractivity contribution < 1.29 is 4.39 Å². The van der Waals surface area contributed by atoms with Crippen LogP contribution in [-0.2, 0) is 11.8 Å². The highest BCUT2D eigenvalue weighted by Gasteiger charge is 2.31. The number of rotatable bonds is 3. The Labute approximate surface area is 129 Å². The van der Waals surface area contributed by atoms with E-state index in [0.29, 0.717) is 12.5 Å². The molecule has 0 aliphatic heterocycles. The minimum absolute atomic E-state index is 0.198. The van der Waals surface area contributed by atoms with Gasteiger partial charge in [-0.2, -0.15) is 0 Å². The van der Waals surface area contributed by atoms with Crippen LogP contribution in [0, 0.1) is 5.82 Å². The van der Waals surface area contributed by atoms with E-state index >= 15 is 0 Å². The first-order valence-corrected chi connectivity index (χ1v) is 8.30. The molecule has 1 aromatic heterocycles. The van der Waals surface area contributed by atoms with E-state index in [9.17, 15) is 4.39 Å². The highest BCUT2D eigenvalue weighted by atomic mass is 32.1. The summed E-state index contributed by atoms with van der Waals surface area (Å²) >= 11 is 1.80. The summed E-state index contributed by atoms with van der Waals surface area (Å²) < 4.78 is 13.1. The van der Waals surface area contributed by atoms with Crippen LogP contribution < -0.4 is 5.73 Å². The number of aromatic nitrogens is 1. The van der Waals surface area contributed by atoms with Gasteiger partial charge in [-0.05, 0) is 50.8 Å². The summed E-state index contributed by atoms with van der Waals surface area (Å²) in [5, 5.41) is 1.11. The fourth-order valence-electron chi connectivity index (χ4n) is 2.99.